The molecule has 1 fully saturated rings. The van der Waals surface area contributed by atoms with E-state index in [2.05, 4.69) is 10.6 Å². The third kappa shape index (κ3) is 9.81. The van der Waals surface area contributed by atoms with Gasteiger partial charge in [0.15, 0.2) is 5.78 Å². The topological polar surface area (TPSA) is 183 Å². The molecule has 0 radical (unpaired) electrons. The van der Waals surface area contributed by atoms with Gasteiger partial charge >= 0.3 is 0 Å². The first-order valence-corrected chi connectivity index (χ1v) is 15.1. The molecule has 0 bridgehead atoms. The fraction of sp³-hybridized carbons (Fsp3) is 0.515. The number of hydrogen-bond acceptors (Lipinski definition) is 7. The van der Waals surface area contributed by atoms with Gasteiger partial charge in [-0.3, -0.25) is 19.2 Å². The van der Waals surface area contributed by atoms with Gasteiger partial charge in [-0.05, 0) is 67.5 Å². The molecule has 43 heavy (non-hydrogen) atoms. The first kappa shape index (κ1) is 33.6. The summed E-state index contributed by atoms with van der Waals surface area (Å²) in [6.07, 6.45) is 2.80. The molecule has 2 aromatic rings. The van der Waals surface area contributed by atoms with Crippen LogP contribution in [0.25, 0.3) is 0 Å². The van der Waals surface area contributed by atoms with Crippen LogP contribution >= 0.6 is 0 Å². The van der Waals surface area contributed by atoms with Crippen molar-refractivity contribution in [2.75, 3.05) is 18.1 Å². The summed E-state index contributed by atoms with van der Waals surface area (Å²) in [5.41, 5.74) is 19.4. The number of Topliss-reactive ketones (excluding diaryl/α,β-unsaturated/α-hetero) is 1. The highest BCUT2D eigenvalue weighted by Crippen LogP contribution is 2.30. The Bertz CT molecular complexity index is 1260. The minimum atomic E-state index is -1.03. The minimum Gasteiger partial charge on any atom is -0.399 e. The molecule has 234 valence electrons. The van der Waals surface area contributed by atoms with E-state index in [1.54, 1.807) is 43.3 Å². The van der Waals surface area contributed by atoms with Crippen molar-refractivity contribution >= 4 is 34.9 Å². The fourth-order valence-corrected chi connectivity index (χ4v) is 5.26. The molecule has 0 aromatic heterocycles. The number of nitrogens with one attached hydrogen (secondary N) is 2. The summed E-state index contributed by atoms with van der Waals surface area (Å²) >= 11 is 0. The van der Waals surface area contributed by atoms with E-state index < -0.39 is 47.2 Å². The molecule has 10 heteroatoms. The molecule has 1 heterocycles. The van der Waals surface area contributed by atoms with Crippen molar-refractivity contribution in [1.29, 1.82) is 0 Å². The molecular formula is C33H47N5O5. The molecule has 1 aliphatic heterocycles. The number of ether oxygens (including phenoxy) is 1. The Morgan fingerprint density at radius 2 is 1.35 bits per heavy atom. The second-order valence-corrected chi connectivity index (χ2v) is 12.3. The summed E-state index contributed by atoms with van der Waals surface area (Å²) in [5, 5.41) is 5.82. The maximum atomic E-state index is 14.0. The van der Waals surface area contributed by atoms with Crippen LogP contribution in [-0.2, 0) is 36.8 Å². The number of epoxide rings is 1. The number of primary amides is 1. The summed E-state index contributed by atoms with van der Waals surface area (Å²) < 4.78 is 5.38. The summed E-state index contributed by atoms with van der Waals surface area (Å²) in [6, 6.07) is 12.3. The standard InChI is InChI=1S/C33H47N5O5/c1-5-6-7-25(30(36)40)26(17-21-8-12-23(34)13-9-21)31(41)38-28(18-22-10-14-24(35)15-11-22)32(42)37-27(16-20(2)3)29(39)33(4)19-43-33/h8-15,20,25-28H,5-7,16-19,34-35H2,1-4H3,(H2,36,40)(H,37,42)(H,38,41)/t25?,26-,27+,28+,33-/m1/s1. The summed E-state index contributed by atoms with van der Waals surface area (Å²) in [6.45, 7) is 7.96. The van der Waals surface area contributed by atoms with Crippen molar-refractivity contribution in [2.45, 2.75) is 83.9 Å². The van der Waals surface area contributed by atoms with Crippen LogP contribution in [0.3, 0.4) is 0 Å². The number of benzene rings is 2. The Balaban J connectivity index is 1.92. The second-order valence-electron chi connectivity index (χ2n) is 12.3. The van der Waals surface area contributed by atoms with Crippen molar-refractivity contribution in [3.05, 3.63) is 59.7 Å². The number of rotatable bonds is 17. The Morgan fingerprint density at radius 3 is 1.81 bits per heavy atom. The molecule has 0 aliphatic carbocycles. The lowest BCUT2D eigenvalue weighted by Crippen LogP contribution is -2.56. The smallest absolute Gasteiger partial charge is 0.243 e. The number of carbonyl (C=O) groups is 4. The molecule has 3 rings (SSSR count). The number of nitrogens with two attached hydrogens (primary N) is 3. The van der Waals surface area contributed by atoms with Gasteiger partial charge < -0.3 is 32.6 Å². The quantitative estimate of drug-likeness (QED) is 0.138. The van der Waals surface area contributed by atoms with Crippen LogP contribution in [0.2, 0.25) is 0 Å². The van der Waals surface area contributed by atoms with Crippen LogP contribution in [0.15, 0.2) is 48.5 Å². The van der Waals surface area contributed by atoms with Crippen LogP contribution in [0.5, 0.6) is 0 Å². The maximum absolute atomic E-state index is 14.0. The van der Waals surface area contributed by atoms with E-state index in [1.165, 1.54) is 0 Å². The summed E-state index contributed by atoms with van der Waals surface area (Å²) in [7, 11) is 0. The van der Waals surface area contributed by atoms with E-state index >= 15 is 0 Å². The van der Waals surface area contributed by atoms with Crippen LogP contribution in [0, 0.1) is 17.8 Å². The molecule has 1 saturated heterocycles. The van der Waals surface area contributed by atoms with Crippen molar-refractivity contribution in [2.24, 2.45) is 23.5 Å². The Morgan fingerprint density at radius 1 is 0.837 bits per heavy atom. The first-order valence-electron chi connectivity index (χ1n) is 15.1. The average Bonchev–Trinajstić information content (AvgIpc) is 3.71. The van der Waals surface area contributed by atoms with Gasteiger partial charge in [0.1, 0.15) is 11.6 Å². The van der Waals surface area contributed by atoms with Crippen LogP contribution in [0.4, 0.5) is 11.4 Å². The zero-order valence-electron chi connectivity index (χ0n) is 25.7. The van der Waals surface area contributed by atoms with Crippen molar-refractivity contribution in [3.63, 3.8) is 0 Å². The summed E-state index contributed by atoms with van der Waals surface area (Å²) in [4.78, 5) is 53.7. The van der Waals surface area contributed by atoms with Crippen molar-refractivity contribution in [3.8, 4) is 0 Å². The van der Waals surface area contributed by atoms with E-state index in [0.717, 1.165) is 17.5 Å². The van der Waals surface area contributed by atoms with Gasteiger partial charge in [0.25, 0.3) is 0 Å². The van der Waals surface area contributed by atoms with Crippen LogP contribution in [0.1, 0.15) is 64.5 Å². The first-order chi connectivity index (χ1) is 20.3. The van der Waals surface area contributed by atoms with Gasteiger partial charge in [0.05, 0.1) is 18.6 Å². The van der Waals surface area contributed by atoms with Crippen LogP contribution < -0.4 is 27.8 Å². The Hall–Kier alpha value is -3.92. The molecule has 10 nitrogen and oxygen atoms in total. The third-order valence-electron chi connectivity index (χ3n) is 7.98. The predicted molar refractivity (Wildman–Crippen MR) is 167 cm³/mol. The number of unbranched alkanes of at least 4 members (excludes halogenated alkanes) is 1. The van der Waals surface area contributed by atoms with Gasteiger partial charge in [-0.1, -0.05) is 57.9 Å². The number of anilines is 2. The number of amides is 3. The monoisotopic (exact) mass is 593 g/mol. The molecule has 3 amide bonds. The minimum absolute atomic E-state index is 0.126. The van der Waals surface area contributed by atoms with Crippen molar-refractivity contribution < 1.29 is 23.9 Å². The van der Waals surface area contributed by atoms with E-state index in [4.69, 9.17) is 21.9 Å². The zero-order chi connectivity index (χ0) is 31.7. The van der Waals surface area contributed by atoms with Gasteiger partial charge in [-0.15, -0.1) is 0 Å². The molecule has 2 aromatic carbocycles. The highest BCUT2D eigenvalue weighted by atomic mass is 16.6. The molecule has 8 N–H and O–H groups in total. The molecular weight excluding hydrogens is 546 g/mol. The number of nitrogen functional groups attached to an aromatic ring is 2. The average molecular weight is 594 g/mol. The Labute approximate surface area is 254 Å². The lowest BCUT2D eigenvalue weighted by Gasteiger charge is -2.28. The summed E-state index contributed by atoms with van der Waals surface area (Å²) in [5.74, 6) is -3.15. The Kier molecular flexibility index (Phi) is 11.7. The van der Waals surface area contributed by atoms with Crippen LogP contribution in [-0.4, -0.2) is 47.8 Å². The van der Waals surface area contributed by atoms with E-state index in [-0.39, 0.29) is 24.5 Å². The molecule has 0 saturated carbocycles. The van der Waals surface area contributed by atoms with E-state index in [1.807, 2.05) is 32.9 Å². The van der Waals surface area contributed by atoms with Gasteiger partial charge in [0.2, 0.25) is 17.7 Å². The number of hydrogen-bond donors (Lipinski definition) is 5. The SMILES string of the molecule is CCCCC(C(N)=O)[C@@H](Cc1ccc(N)cc1)C(=O)N[C@@H](Cc1ccc(N)cc1)C(=O)N[C@@H](CC(C)C)C(=O)[C@@]1(C)CO1. The van der Waals surface area contributed by atoms with Gasteiger partial charge in [-0.25, -0.2) is 0 Å². The third-order valence-corrected chi connectivity index (χ3v) is 7.98. The molecule has 1 aliphatic rings. The van der Waals surface area contributed by atoms with E-state index in [0.29, 0.717) is 37.2 Å². The fourth-order valence-electron chi connectivity index (χ4n) is 5.26. The molecule has 0 spiro atoms. The lowest BCUT2D eigenvalue weighted by molar-refractivity contribution is -0.137. The van der Waals surface area contributed by atoms with E-state index in [9.17, 15) is 19.2 Å². The maximum Gasteiger partial charge on any atom is 0.243 e. The predicted octanol–water partition coefficient (Wildman–Crippen LogP) is 2.92. The highest BCUT2D eigenvalue weighted by Gasteiger charge is 2.50. The molecule has 1 unspecified atom stereocenters. The second kappa shape index (κ2) is 15.0. The van der Waals surface area contributed by atoms with Gasteiger partial charge in [0, 0.05) is 23.7 Å². The largest absolute Gasteiger partial charge is 0.399 e. The van der Waals surface area contributed by atoms with Gasteiger partial charge in [-0.2, -0.15) is 0 Å². The zero-order valence-corrected chi connectivity index (χ0v) is 25.7. The van der Waals surface area contributed by atoms with Crippen molar-refractivity contribution in [1.82, 2.24) is 10.6 Å². The normalized spacial score (nSPS) is 18.7. The molecule has 5 atom stereocenters. The number of ketones is 1. The highest BCUT2D eigenvalue weighted by molar-refractivity contribution is 5.98. The lowest BCUT2D eigenvalue weighted by atomic mass is 9.82. The number of carbonyl (C=O) groups excluding carboxylic acids is 4.